The van der Waals surface area contributed by atoms with Crippen LogP contribution in [0.4, 0.5) is 11.4 Å². The molecule has 2 atom stereocenters. The highest BCUT2D eigenvalue weighted by atomic mass is 16.4. The molecule has 0 saturated heterocycles. The number of aldehydes is 1. The summed E-state index contributed by atoms with van der Waals surface area (Å²) < 4.78 is 0. The van der Waals surface area contributed by atoms with Gasteiger partial charge in [-0.05, 0) is 24.3 Å². The second kappa shape index (κ2) is 11.7. The molecule has 1 heterocycles. The van der Waals surface area contributed by atoms with Crippen LogP contribution in [0.15, 0.2) is 54.6 Å². The van der Waals surface area contributed by atoms with Crippen molar-refractivity contribution < 1.29 is 39.0 Å². The molecule has 0 bridgehead atoms. The largest absolute Gasteiger partial charge is 0.481 e. The number of para-hydroxylation sites is 2. The van der Waals surface area contributed by atoms with Gasteiger partial charge < -0.3 is 30.5 Å². The van der Waals surface area contributed by atoms with Crippen molar-refractivity contribution in [1.29, 1.82) is 0 Å². The van der Waals surface area contributed by atoms with Gasteiger partial charge in [-0.3, -0.25) is 28.9 Å². The number of anilines is 2. The van der Waals surface area contributed by atoms with Crippen LogP contribution in [0.2, 0.25) is 0 Å². The zero-order valence-corrected chi connectivity index (χ0v) is 19.0. The lowest BCUT2D eigenvalue weighted by Crippen LogP contribution is -2.55. The zero-order valence-electron chi connectivity index (χ0n) is 19.0. The van der Waals surface area contributed by atoms with Gasteiger partial charge in [-0.25, -0.2) is 0 Å². The molecule has 0 aromatic heterocycles. The van der Waals surface area contributed by atoms with Crippen LogP contribution in [0, 0.1) is 0 Å². The first kappa shape index (κ1) is 26.0. The molecule has 0 saturated carbocycles. The van der Waals surface area contributed by atoms with Gasteiger partial charge in [0, 0.05) is 5.56 Å². The van der Waals surface area contributed by atoms with Gasteiger partial charge in [-0.15, -0.1) is 0 Å². The van der Waals surface area contributed by atoms with E-state index in [0.29, 0.717) is 0 Å². The number of carbonyl (C=O) groups excluding carboxylic acids is 5. The van der Waals surface area contributed by atoms with Gasteiger partial charge in [-0.1, -0.05) is 30.3 Å². The SMILES string of the molecule is O=CC(CC(=O)O)NC(=O)CN1C(=O)C(NC(=O)c2ccccc2)CN(C(=O)CO)c2ccccc21. The Hall–Kier alpha value is -4.58. The van der Waals surface area contributed by atoms with Crippen molar-refractivity contribution in [3.8, 4) is 0 Å². The quantitative estimate of drug-likeness (QED) is 0.330. The predicted molar refractivity (Wildman–Crippen MR) is 126 cm³/mol. The maximum atomic E-state index is 13.6. The fourth-order valence-corrected chi connectivity index (χ4v) is 3.73. The minimum atomic E-state index is -1.31. The van der Waals surface area contributed by atoms with E-state index in [-0.39, 0.29) is 29.8 Å². The van der Waals surface area contributed by atoms with Crippen LogP contribution in [-0.2, 0) is 24.0 Å². The zero-order chi connectivity index (χ0) is 26.2. The lowest BCUT2D eigenvalue weighted by atomic mass is 10.1. The molecule has 188 valence electrons. The van der Waals surface area contributed by atoms with Crippen molar-refractivity contribution in [3.63, 3.8) is 0 Å². The molecule has 0 radical (unpaired) electrons. The number of aliphatic hydroxyl groups excluding tert-OH is 1. The van der Waals surface area contributed by atoms with Crippen LogP contribution in [0.5, 0.6) is 0 Å². The molecule has 0 fully saturated rings. The Bertz CT molecular complexity index is 1170. The lowest BCUT2D eigenvalue weighted by Gasteiger charge is -2.25. The van der Waals surface area contributed by atoms with Gasteiger partial charge in [0.05, 0.1) is 30.4 Å². The van der Waals surface area contributed by atoms with Crippen LogP contribution < -0.4 is 20.4 Å². The third-order valence-electron chi connectivity index (χ3n) is 5.38. The number of benzene rings is 2. The third-order valence-corrected chi connectivity index (χ3v) is 5.38. The van der Waals surface area contributed by atoms with E-state index in [4.69, 9.17) is 5.11 Å². The Labute approximate surface area is 205 Å². The topological polar surface area (TPSA) is 173 Å². The summed E-state index contributed by atoms with van der Waals surface area (Å²) in [5.41, 5.74) is 0.627. The van der Waals surface area contributed by atoms with Crippen molar-refractivity contribution >= 4 is 47.3 Å². The Kier molecular flexibility index (Phi) is 8.47. The van der Waals surface area contributed by atoms with Gasteiger partial charge in [0.1, 0.15) is 25.5 Å². The van der Waals surface area contributed by atoms with Crippen molar-refractivity contribution in [2.45, 2.75) is 18.5 Å². The maximum absolute atomic E-state index is 13.6. The molecule has 2 aromatic carbocycles. The normalized spacial score (nSPS) is 15.8. The summed E-state index contributed by atoms with van der Waals surface area (Å²) in [5.74, 6) is -4.18. The average Bonchev–Trinajstić information content (AvgIpc) is 2.98. The number of carboxylic acid groups (broad SMARTS) is 1. The second-order valence-corrected chi connectivity index (χ2v) is 7.88. The van der Waals surface area contributed by atoms with E-state index in [1.165, 1.54) is 24.3 Å². The highest BCUT2D eigenvalue weighted by Crippen LogP contribution is 2.32. The molecule has 0 aliphatic carbocycles. The molecule has 2 unspecified atom stereocenters. The molecular formula is C24H24N4O8. The minimum Gasteiger partial charge on any atom is -0.481 e. The number of rotatable bonds is 9. The summed E-state index contributed by atoms with van der Waals surface area (Å²) >= 11 is 0. The van der Waals surface area contributed by atoms with E-state index in [9.17, 15) is 33.9 Å². The number of carbonyl (C=O) groups is 6. The van der Waals surface area contributed by atoms with Gasteiger partial charge >= 0.3 is 5.97 Å². The monoisotopic (exact) mass is 496 g/mol. The van der Waals surface area contributed by atoms with E-state index >= 15 is 0 Å². The highest BCUT2D eigenvalue weighted by molar-refractivity contribution is 6.11. The Morgan fingerprint density at radius 1 is 1.03 bits per heavy atom. The molecule has 2 aromatic rings. The number of nitrogens with zero attached hydrogens (tertiary/aromatic N) is 2. The first-order chi connectivity index (χ1) is 17.2. The summed E-state index contributed by atoms with van der Waals surface area (Å²) in [4.78, 5) is 75.9. The van der Waals surface area contributed by atoms with E-state index in [1.807, 2.05) is 0 Å². The number of hydrogen-bond acceptors (Lipinski definition) is 7. The highest BCUT2D eigenvalue weighted by Gasteiger charge is 2.37. The molecule has 12 heteroatoms. The molecule has 1 aliphatic rings. The number of hydrogen-bond donors (Lipinski definition) is 4. The molecule has 4 amide bonds. The number of amides is 4. The van der Waals surface area contributed by atoms with E-state index in [2.05, 4.69) is 10.6 Å². The minimum absolute atomic E-state index is 0.150. The first-order valence-electron chi connectivity index (χ1n) is 10.9. The third kappa shape index (κ3) is 6.10. The summed E-state index contributed by atoms with van der Waals surface area (Å²) in [7, 11) is 0. The van der Waals surface area contributed by atoms with Crippen molar-refractivity contribution in [2.75, 3.05) is 29.5 Å². The number of aliphatic carboxylic acids is 1. The van der Waals surface area contributed by atoms with Crippen LogP contribution in [0.3, 0.4) is 0 Å². The average molecular weight is 496 g/mol. The summed E-state index contributed by atoms with van der Waals surface area (Å²) in [6.07, 6.45) is -0.372. The molecule has 0 spiro atoms. The Balaban J connectivity index is 1.96. The van der Waals surface area contributed by atoms with E-state index in [1.54, 1.807) is 30.3 Å². The fourth-order valence-electron chi connectivity index (χ4n) is 3.73. The second-order valence-electron chi connectivity index (χ2n) is 7.88. The van der Waals surface area contributed by atoms with Crippen molar-refractivity contribution in [1.82, 2.24) is 10.6 Å². The maximum Gasteiger partial charge on any atom is 0.305 e. The van der Waals surface area contributed by atoms with Crippen LogP contribution in [0.1, 0.15) is 16.8 Å². The molecule has 4 N–H and O–H groups in total. The summed E-state index contributed by atoms with van der Waals surface area (Å²) in [6, 6.07) is 11.6. The molecule has 1 aliphatic heterocycles. The summed E-state index contributed by atoms with van der Waals surface area (Å²) in [6.45, 7) is -1.81. The number of carboxylic acids is 1. The van der Waals surface area contributed by atoms with Crippen molar-refractivity contribution in [3.05, 3.63) is 60.2 Å². The fraction of sp³-hybridized carbons (Fsp3) is 0.250. The van der Waals surface area contributed by atoms with Crippen LogP contribution >= 0.6 is 0 Å². The van der Waals surface area contributed by atoms with Gasteiger partial charge in [-0.2, -0.15) is 0 Å². The van der Waals surface area contributed by atoms with Crippen LogP contribution in [0.25, 0.3) is 0 Å². The number of aliphatic hydroxyl groups is 1. The van der Waals surface area contributed by atoms with Gasteiger partial charge in [0.2, 0.25) is 5.91 Å². The first-order valence-corrected chi connectivity index (χ1v) is 10.9. The van der Waals surface area contributed by atoms with Gasteiger partial charge in [0.15, 0.2) is 0 Å². The number of fused-ring (bicyclic) bond motifs is 1. The molecular weight excluding hydrogens is 472 g/mol. The van der Waals surface area contributed by atoms with Gasteiger partial charge in [0.25, 0.3) is 17.7 Å². The standard InChI is InChI=1S/C24H24N4O8/c29-13-16(10-22(33)34)25-20(31)12-28-19-9-5-4-8-18(19)27(21(32)14-30)11-17(24(28)36)26-23(35)15-6-2-1-3-7-15/h1-9,13,16-17,30H,10-12,14H2,(H,25,31)(H,26,35)(H,33,34). The number of nitrogens with one attached hydrogen (secondary N) is 2. The smallest absolute Gasteiger partial charge is 0.305 e. The lowest BCUT2D eigenvalue weighted by molar-refractivity contribution is -0.139. The Morgan fingerprint density at radius 2 is 1.67 bits per heavy atom. The van der Waals surface area contributed by atoms with E-state index < -0.39 is 61.3 Å². The molecule has 3 rings (SSSR count). The molecule has 36 heavy (non-hydrogen) atoms. The summed E-state index contributed by atoms with van der Waals surface area (Å²) in [5, 5.41) is 23.2. The van der Waals surface area contributed by atoms with Crippen LogP contribution in [-0.4, -0.2) is 77.9 Å². The van der Waals surface area contributed by atoms with E-state index in [0.717, 1.165) is 9.80 Å². The Morgan fingerprint density at radius 3 is 2.28 bits per heavy atom. The molecule has 12 nitrogen and oxygen atoms in total. The predicted octanol–water partition coefficient (Wildman–Crippen LogP) is -0.684. The van der Waals surface area contributed by atoms with Crippen molar-refractivity contribution in [2.24, 2.45) is 0 Å².